The van der Waals surface area contributed by atoms with Crippen molar-refractivity contribution >= 4 is 13.4 Å². The maximum absolute atomic E-state index is 9.46. The molecule has 0 atom stereocenters. The predicted octanol–water partition coefficient (Wildman–Crippen LogP) is -1.37. The average molecular weight is 211 g/mol. The minimum absolute atomic E-state index is 1.92. The van der Waals surface area contributed by atoms with Crippen LogP contribution in [0, 0.1) is 0 Å². The molecular formula is HO5SeV. The fourth-order valence-electron chi connectivity index (χ4n) is 0.0385. The summed E-state index contributed by atoms with van der Waals surface area (Å²) in [6.07, 6.45) is 0. The zero-order valence-corrected chi connectivity index (χ0v) is 6.05. The third-order valence-electron chi connectivity index (χ3n) is 0.125. The Morgan fingerprint density at radius 1 is 1.57 bits per heavy atom. The summed E-state index contributed by atoms with van der Waals surface area (Å²) in [6.45, 7) is 0. The van der Waals surface area contributed by atoms with Gasteiger partial charge in [-0.1, -0.05) is 0 Å². The molecule has 0 aromatic heterocycles. The monoisotopic (exact) mass is 212 g/mol. The summed E-state index contributed by atoms with van der Waals surface area (Å²) in [5.41, 5.74) is 0. The first-order chi connectivity index (χ1) is 3.06. The Labute approximate surface area is 48.6 Å². The van der Waals surface area contributed by atoms with Gasteiger partial charge >= 0.3 is 48.2 Å². The summed E-state index contributed by atoms with van der Waals surface area (Å²) in [5, 5.41) is 0. The maximum atomic E-state index is 9.46. The molecule has 0 unspecified atom stereocenters. The van der Waals surface area contributed by atoms with Crippen molar-refractivity contribution in [2.24, 2.45) is 0 Å². The van der Waals surface area contributed by atoms with E-state index in [2.05, 4.69) is 2.74 Å². The summed E-state index contributed by atoms with van der Waals surface area (Å²) in [6, 6.07) is 0. The van der Waals surface area contributed by atoms with Crippen LogP contribution in [0.15, 0.2) is 0 Å². The summed E-state index contributed by atoms with van der Waals surface area (Å²) in [4.78, 5) is 0. The van der Waals surface area contributed by atoms with Gasteiger partial charge in [0.25, 0.3) is 0 Å². The van der Waals surface area contributed by atoms with Crippen LogP contribution in [0.3, 0.4) is 0 Å². The molecule has 0 heterocycles. The van der Waals surface area contributed by atoms with Crippen molar-refractivity contribution in [1.82, 2.24) is 0 Å². The van der Waals surface area contributed by atoms with Crippen LogP contribution in [0.5, 0.6) is 0 Å². The molecular weight excluding hydrogens is 210 g/mol. The van der Waals surface area contributed by atoms with Crippen LogP contribution in [-0.4, -0.2) is 17.6 Å². The number of hydrogen-bond donors (Lipinski definition) is 1. The zero-order chi connectivity index (χ0) is 5.91. The van der Waals surface area contributed by atoms with Crippen LogP contribution < -0.4 is 0 Å². The Hall–Kier alpha value is 0.424. The molecule has 0 rings (SSSR count). The van der Waals surface area contributed by atoms with E-state index in [1.807, 2.05) is 0 Å². The molecule has 0 spiro atoms. The van der Waals surface area contributed by atoms with Gasteiger partial charge in [-0.25, -0.2) is 0 Å². The van der Waals surface area contributed by atoms with Crippen molar-refractivity contribution in [3.8, 4) is 0 Å². The first-order valence-electron chi connectivity index (χ1n) is 1.05. The van der Waals surface area contributed by atoms with Crippen molar-refractivity contribution in [3.05, 3.63) is 0 Å². The Morgan fingerprint density at radius 3 is 2.00 bits per heavy atom. The van der Waals surface area contributed by atoms with Gasteiger partial charge in [-0.05, 0) is 0 Å². The standard InChI is InChI=1S/H2O4Se.O.V/c1-5(2,3)4;;/h(H2,1,2,3,4);;/q;;+1/p-1. The van der Waals surface area contributed by atoms with Gasteiger partial charge in [-0.15, -0.1) is 0 Å². The third-order valence-corrected chi connectivity index (χ3v) is 2.67. The second-order valence-electron chi connectivity index (χ2n) is 0.577. The predicted molar refractivity (Wildman–Crippen MR) is 11.1 cm³/mol. The summed E-state index contributed by atoms with van der Waals surface area (Å²) in [7, 11) is 0. The molecule has 0 bridgehead atoms. The zero-order valence-electron chi connectivity index (χ0n) is 2.94. The minimum atomic E-state index is -5.08. The van der Waals surface area contributed by atoms with Crippen LogP contribution in [0.4, 0.5) is 0 Å². The number of rotatable bonds is 2. The van der Waals surface area contributed by atoms with E-state index in [4.69, 9.17) is 4.19 Å². The van der Waals surface area contributed by atoms with E-state index in [1.54, 1.807) is 0 Å². The van der Waals surface area contributed by atoms with Gasteiger partial charge in [0.2, 0.25) is 0 Å². The van der Waals surface area contributed by atoms with Gasteiger partial charge in [0.05, 0.1) is 0 Å². The molecule has 0 saturated carbocycles. The Balaban J connectivity index is 3.84. The van der Waals surface area contributed by atoms with E-state index < -0.39 is 30.0 Å². The van der Waals surface area contributed by atoms with Crippen molar-refractivity contribution in [2.45, 2.75) is 0 Å². The van der Waals surface area contributed by atoms with Gasteiger partial charge in [0.1, 0.15) is 0 Å². The Bertz CT molecular complexity index is 141. The topological polar surface area (TPSA) is 80.7 Å². The molecule has 0 radical (unpaired) electrons. The first kappa shape index (κ1) is 7.42. The van der Waals surface area contributed by atoms with E-state index in [0.29, 0.717) is 0 Å². The molecule has 7 heavy (non-hydrogen) atoms. The summed E-state index contributed by atoms with van der Waals surface area (Å²) >= 11 is -7.00. The van der Waals surface area contributed by atoms with E-state index >= 15 is 0 Å². The first-order valence-corrected chi connectivity index (χ1v) is 5.05. The van der Waals surface area contributed by atoms with Crippen LogP contribution in [0.2, 0.25) is 0 Å². The molecule has 0 aliphatic carbocycles. The third kappa shape index (κ3) is 6.42. The SMILES string of the molecule is [O]=[V][O][Se](=O)(=O)O. The van der Waals surface area contributed by atoms with Crippen molar-refractivity contribution in [1.29, 1.82) is 0 Å². The van der Waals surface area contributed by atoms with E-state index in [9.17, 15) is 11.3 Å². The molecule has 0 aromatic rings. The second-order valence-corrected chi connectivity index (χ2v) is 4.13. The molecule has 0 saturated heterocycles. The molecule has 7 heteroatoms. The quantitative estimate of drug-likeness (QED) is 0.570. The molecule has 1 N–H and O–H groups in total. The molecule has 0 aliphatic heterocycles. The number of hydrogen-bond acceptors (Lipinski definition) is 4. The van der Waals surface area contributed by atoms with Gasteiger partial charge in [-0.2, -0.15) is 0 Å². The van der Waals surface area contributed by atoms with E-state index in [1.165, 1.54) is 0 Å². The Morgan fingerprint density at radius 2 is 2.00 bits per heavy atom. The van der Waals surface area contributed by atoms with Gasteiger partial charge < -0.3 is 0 Å². The molecule has 0 amide bonds. The van der Waals surface area contributed by atoms with Crippen LogP contribution in [0.1, 0.15) is 0 Å². The Kier molecular flexibility index (Phi) is 2.82. The fraction of sp³-hybridized carbons (Fsp3) is 0. The van der Waals surface area contributed by atoms with Crippen LogP contribution in [-0.2, 0) is 30.7 Å². The molecule has 5 nitrogen and oxygen atoms in total. The van der Waals surface area contributed by atoms with Crippen molar-refractivity contribution in [3.63, 3.8) is 0 Å². The normalized spacial score (nSPS) is 11.0. The molecule has 0 fully saturated rings. The van der Waals surface area contributed by atoms with Gasteiger partial charge in [-0.3, -0.25) is 0 Å². The van der Waals surface area contributed by atoms with Crippen molar-refractivity contribution < 1.29 is 34.9 Å². The van der Waals surface area contributed by atoms with Gasteiger partial charge in [0.15, 0.2) is 0 Å². The second kappa shape index (κ2) is 2.66. The summed E-state index contributed by atoms with van der Waals surface area (Å²) < 4.78 is 39.2. The van der Waals surface area contributed by atoms with Crippen LogP contribution in [0.25, 0.3) is 0 Å². The average Bonchev–Trinajstić information content (AvgIpc) is 1.30. The summed E-state index contributed by atoms with van der Waals surface area (Å²) in [5.74, 6) is 0. The molecule has 0 aliphatic rings. The molecule has 42 valence electrons. The molecule has 0 aromatic carbocycles. The van der Waals surface area contributed by atoms with Gasteiger partial charge in [0, 0.05) is 0 Å². The fourth-order valence-corrected chi connectivity index (χ4v) is 0.824. The van der Waals surface area contributed by atoms with E-state index in [0.717, 1.165) is 0 Å². The van der Waals surface area contributed by atoms with Crippen molar-refractivity contribution in [2.75, 3.05) is 0 Å². The van der Waals surface area contributed by atoms with E-state index in [-0.39, 0.29) is 0 Å². The van der Waals surface area contributed by atoms with Crippen LogP contribution >= 0.6 is 0 Å².